The lowest BCUT2D eigenvalue weighted by Crippen LogP contribution is -2.22. The van der Waals surface area contributed by atoms with Gasteiger partial charge in [-0.1, -0.05) is 18.2 Å². The van der Waals surface area contributed by atoms with Gasteiger partial charge in [-0.25, -0.2) is 0 Å². The molecule has 7 heteroatoms. The molecule has 19 heavy (non-hydrogen) atoms. The highest BCUT2D eigenvalue weighted by Crippen LogP contribution is 2.19. The third-order valence-electron chi connectivity index (χ3n) is 2.46. The van der Waals surface area contributed by atoms with Crippen LogP contribution in [0.25, 0.3) is 0 Å². The molecule has 0 aliphatic heterocycles. The molecule has 2 aromatic rings. The van der Waals surface area contributed by atoms with Gasteiger partial charge in [-0.05, 0) is 28.7 Å². The van der Waals surface area contributed by atoms with Crippen molar-refractivity contribution in [3.63, 3.8) is 0 Å². The number of nitro groups is 1. The summed E-state index contributed by atoms with van der Waals surface area (Å²) in [7, 11) is 0. The van der Waals surface area contributed by atoms with Crippen LogP contribution in [0.1, 0.15) is 15.9 Å². The number of hydrogen-bond acceptors (Lipinski definition) is 4. The molecular weight excluding hydrogens is 379 g/mol. The second-order valence-electron chi connectivity index (χ2n) is 3.71. The van der Waals surface area contributed by atoms with E-state index in [2.05, 4.69) is 27.9 Å². The second-order valence-corrected chi connectivity index (χ2v) is 6.51. The first-order valence-corrected chi connectivity index (χ1v) is 7.28. The highest BCUT2D eigenvalue weighted by Gasteiger charge is 2.14. The molecule has 98 valence electrons. The second kappa shape index (κ2) is 6.11. The Hall–Kier alpha value is -1.48. The standard InChI is InChI=1S/C12H9IN2O3S/c13-11-5-9(7-19-11)12(16)14-6-8-3-1-2-4-10(8)15(17)18/h1-5,7H,6H2,(H,14,16). The summed E-state index contributed by atoms with van der Waals surface area (Å²) in [6.07, 6.45) is 0. The van der Waals surface area contributed by atoms with Gasteiger partial charge in [0, 0.05) is 23.6 Å². The lowest BCUT2D eigenvalue weighted by Gasteiger charge is -2.04. The van der Waals surface area contributed by atoms with Gasteiger partial charge in [0.15, 0.2) is 0 Å². The molecule has 1 aromatic heterocycles. The number of hydrogen-bond donors (Lipinski definition) is 1. The Morgan fingerprint density at radius 1 is 1.42 bits per heavy atom. The van der Waals surface area contributed by atoms with Crippen molar-refractivity contribution in [1.29, 1.82) is 0 Å². The van der Waals surface area contributed by atoms with Gasteiger partial charge in [0.1, 0.15) is 0 Å². The summed E-state index contributed by atoms with van der Waals surface area (Å²) in [5.74, 6) is -0.225. The van der Waals surface area contributed by atoms with Crippen LogP contribution in [-0.4, -0.2) is 10.8 Å². The van der Waals surface area contributed by atoms with E-state index in [0.29, 0.717) is 11.1 Å². The van der Waals surface area contributed by atoms with E-state index >= 15 is 0 Å². The maximum absolute atomic E-state index is 11.8. The summed E-state index contributed by atoms with van der Waals surface area (Å²) >= 11 is 3.62. The number of rotatable bonds is 4. The summed E-state index contributed by atoms with van der Waals surface area (Å²) in [4.78, 5) is 22.2. The van der Waals surface area contributed by atoms with Crippen LogP contribution in [-0.2, 0) is 6.54 Å². The molecule has 0 saturated carbocycles. The van der Waals surface area contributed by atoms with Crippen LogP contribution in [0.5, 0.6) is 0 Å². The molecule has 1 aromatic carbocycles. The Bertz CT molecular complexity index is 627. The fourth-order valence-electron chi connectivity index (χ4n) is 1.55. The average molecular weight is 388 g/mol. The monoisotopic (exact) mass is 388 g/mol. The number of halogens is 1. The minimum atomic E-state index is -0.449. The number of amides is 1. The number of nitrogens with one attached hydrogen (secondary N) is 1. The number of thiophene rings is 1. The van der Waals surface area contributed by atoms with Gasteiger partial charge in [0.25, 0.3) is 11.6 Å². The molecule has 0 spiro atoms. The SMILES string of the molecule is O=C(NCc1ccccc1[N+](=O)[O-])c1csc(I)c1. The maximum atomic E-state index is 11.8. The fraction of sp³-hybridized carbons (Fsp3) is 0.0833. The van der Waals surface area contributed by atoms with Gasteiger partial charge in [0.2, 0.25) is 0 Å². The molecule has 1 N–H and O–H groups in total. The lowest BCUT2D eigenvalue weighted by molar-refractivity contribution is -0.385. The molecule has 0 unspecified atom stereocenters. The molecule has 0 atom stereocenters. The molecule has 0 radical (unpaired) electrons. The zero-order valence-corrected chi connectivity index (χ0v) is 12.6. The van der Waals surface area contributed by atoms with Crippen molar-refractivity contribution in [1.82, 2.24) is 5.32 Å². The van der Waals surface area contributed by atoms with Gasteiger partial charge < -0.3 is 5.32 Å². The van der Waals surface area contributed by atoms with Crippen molar-refractivity contribution < 1.29 is 9.72 Å². The van der Waals surface area contributed by atoms with Crippen LogP contribution in [0.4, 0.5) is 5.69 Å². The lowest BCUT2D eigenvalue weighted by atomic mass is 10.2. The highest BCUT2D eigenvalue weighted by atomic mass is 127. The smallest absolute Gasteiger partial charge is 0.274 e. The minimum absolute atomic E-state index is 0.0164. The topological polar surface area (TPSA) is 72.2 Å². The first-order chi connectivity index (χ1) is 9.08. The number of benzene rings is 1. The zero-order valence-electron chi connectivity index (χ0n) is 9.63. The Kier molecular flexibility index (Phi) is 4.48. The Morgan fingerprint density at radius 3 is 2.79 bits per heavy atom. The molecule has 1 heterocycles. The van der Waals surface area contributed by atoms with E-state index in [-0.39, 0.29) is 18.1 Å². The van der Waals surface area contributed by atoms with E-state index in [0.717, 1.165) is 2.88 Å². The van der Waals surface area contributed by atoms with Crippen LogP contribution >= 0.6 is 33.9 Å². The van der Waals surface area contributed by atoms with E-state index in [4.69, 9.17) is 0 Å². The average Bonchev–Trinajstić information content (AvgIpc) is 2.83. The summed E-state index contributed by atoms with van der Waals surface area (Å²) in [5, 5.41) is 15.3. The van der Waals surface area contributed by atoms with E-state index in [1.54, 1.807) is 29.6 Å². The zero-order chi connectivity index (χ0) is 13.8. The first-order valence-electron chi connectivity index (χ1n) is 5.32. The van der Waals surface area contributed by atoms with E-state index < -0.39 is 4.92 Å². The van der Waals surface area contributed by atoms with Crippen LogP contribution in [0.15, 0.2) is 35.7 Å². The Balaban J connectivity index is 2.07. The normalized spacial score (nSPS) is 10.2. The van der Waals surface area contributed by atoms with Crippen molar-refractivity contribution in [2.45, 2.75) is 6.54 Å². The molecule has 0 fully saturated rings. The van der Waals surface area contributed by atoms with E-state index in [9.17, 15) is 14.9 Å². The highest BCUT2D eigenvalue weighted by molar-refractivity contribution is 14.1. The van der Waals surface area contributed by atoms with Gasteiger partial charge in [-0.3, -0.25) is 14.9 Å². The number of para-hydroxylation sites is 1. The maximum Gasteiger partial charge on any atom is 0.274 e. The molecular formula is C12H9IN2O3S. The third kappa shape index (κ3) is 3.51. The molecule has 0 aliphatic rings. The summed E-state index contributed by atoms with van der Waals surface area (Å²) in [6, 6.07) is 8.15. The van der Waals surface area contributed by atoms with Crippen molar-refractivity contribution in [3.05, 3.63) is 59.8 Å². The number of carbonyl (C=O) groups is 1. The minimum Gasteiger partial charge on any atom is -0.348 e. The van der Waals surface area contributed by atoms with Crippen molar-refractivity contribution in [3.8, 4) is 0 Å². The first kappa shape index (κ1) is 13.9. The van der Waals surface area contributed by atoms with Gasteiger partial charge in [-0.15, -0.1) is 11.3 Å². The molecule has 1 amide bonds. The quantitative estimate of drug-likeness (QED) is 0.497. The molecule has 5 nitrogen and oxygen atoms in total. The third-order valence-corrected chi connectivity index (χ3v) is 4.25. The van der Waals surface area contributed by atoms with Gasteiger partial charge in [-0.2, -0.15) is 0 Å². The van der Waals surface area contributed by atoms with Crippen molar-refractivity contribution in [2.24, 2.45) is 0 Å². The van der Waals surface area contributed by atoms with Crippen LogP contribution in [0.2, 0.25) is 0 Å². The van der Waals surface area contributed by atoms with Crippen molar-refractivity contribution in [2.75, 3.05) is 0 Å². The van der Waals surface area contributed by atoms with Crippen LogP contribution < -0.4 is 5.32 Å². The summed E-state index contributed by atoms with van der Waals surface area (Å²) < 4.78 is 1.02. The summed E-state index contributed by atoms with van der Waals surface area (Å²) in [6.45, 7) is 0.141. The van der Waals surface area contributed by atoms with E-state index in [1.807, 2.05) is 0 Å². The molecule has 0 aliphatic carbocycles. The van der Waals surface area contributed by atoms with Crippen molar-refractivity contribution >= 4 is 45.5 Å². The molecule has 2 rings (SSSR count). The van der Waals surface area contributed by atoms with Crippen LogP contribution in [0.3, 0.4) is 0 Å². The predicted molar refractivity (Wildman–Crippen MR) is 81.3 cm³/mol. The predicted octanol–water partition coefficient (Wildman–Crippen LogP) is 3.19. The van der Waals surface area contributed by atoms with Gasteiger partial charge >= 0.3 is 0 Å². The summed E-state index contributed by atoms with van der Waals surface area (Å²) in [5.41, 5.74) is 1.08. The van der Waals surface area contributed by atoms with Crippen LogP contribution in [0, 0.1) is 13.0 Å². The number of nitrogens with zero attached hydrogens (tertiary/aromatic N) is 1. The molecule has 0 bridgehead atoms. The van der Waals surface area contributed by atoms with E-state index in [1.165, 1.54) is 17.4 Å². The largest absolute Gasteiger partial charge is 0.348 e. The Morgan fingerprint density at radius 2 is 2.16 bits per heavy atom. The number of nitro benzene ring substituents is 1. The fourth-order valence-corrected chi connectivity index (χ4v) is 2.87. The number of carbonyl (C=O) groups excluding carboxylic acids is 1. The molecule has 0 saturated heterocycles. The van der Waals surface area contributed by atoms with Gasteiger partial charge in [0.05, 0.1) is 13.4 Å². The Labute approximate surface area is 126 Å².